The molecule has 3 N–H and O–H groups in total. The van der Waals surface area contributed by atoms with Gasteiger partial charge in [-0.15, -0.1) is 0 Å². The fourth-order valence-electron chi connectivity index (χ4n) is 3.28. The number of amides is 3. The third kappa shape index (κ3) is 4.84. The van der Waals surface area contributed by atoms with E-state index in [0.717, 1.165) is 25.7 Å². The molecule has 2 rings (SSSR count). The molecule has 0 aromatic carbocycles. The van der Waals surface area contributed by atoms with E-state index in [0.29, 0.717) is 6.54 Å². The van der Waals surface area contributed by atoms with Crippen molar-refractivity contribution < 1.29 is 19.1 Å². The molecule has 0 aromatic heterocycles. The average Bonchev–Trinajstić information content (AvgIpc) is 2.80. The summed E-state index contributed by atoms with van der Waals surface area (Å²) in [5.74, 6) is -0.751. The van der Waals surface area contributed by atoms with E-state index in [1.54, 1.807) is 4.90 Å². The van der Waals surface area contributed by atoms with Gasteiger partial charge < -0.3 is 20.7 Å². The highest BCUT2D eigenvalue weighted by atomic mass is 16.6. The smallest absolute Gasteiger partial charge is 0.407 e. The first-order valence-electron chi connectivity index (χ1n) is 8.24. The Balaban J connectivity index is 1.79. The molecule has 1 saturated heterocycles. The zero-order valence-electron chi connectivity index (χ0n) is 14.1. The molecule has 0 bridgehead atoms. The Labute approximate surface area is 136 Å². The largest absolute Gasteiger partial charge is 0.444 e. The van der Waals surface area contributed by atoms with Gasteiger partial charge in [0, 0.05) is 25.0 Å². The van der Waals surface area contributed by atoms with E-state index in [9.17, 15) is 14.4 Å². The molecule has 0 aromatic rings. The molecule has 7 heteroatoms. The number of carbonyl (C=O) groups excluding carboxylic acids is 3. The van der Waals surface area contributed by atoms with Gasteiger partial charge in [0.2, 0.25) is 11.8 Å². The quantitative estimate of drug-likeness (QED) is 0.812. The summed E-state index contributed by atoms with van der Waals surface area (Å²) in [6.07, 6.45) is 3.07. The first-order chi connectivity index (χ1) is 10.7. The number of hydrogen-bond donors (Lipinski definition) is 2. The SMILES string of the molecule is CC(C)(C)OC(=O)NC1CCC(N2CC(C(N)=O)CC2=O)CC1. The highest BCUT2D eigenvalue weighted by Crippen LogP contribution is 2.29. The van der Waals surface area contributed by atoms with Crippen LogP contribution < -0.4 is 11.1 Å². The molecule has 23 heavy (non-hydrogen) atoms. The lowest BCUT2D eigenvalue weighted by molar-refractivity contribution is -0.130. The summed E-state index contributed by atoms with van der Waals surface area (Å²) in [4.78, 5) is 36.9. The van der Waals surface area contributed by atoms with Gasteiger partial charge in [0.05, 0.1) is 5.92 Å². The molecule has 2 fully saturated rings. The fraction of sp³-hybridized carbons (Fsp3) is 0.812. The van der Waals surface area contributed by atoms with Crippen LogP contribution in [0.5, 0.6) is 0 Å². The Morgan fingerprint density at radius 2 is 1.83 bits per heavy atom. The number of alkyl carbamates (subject to hydrolysis) is 1. The van der Waals surface area contributed by atoms with Gasteiger partial charge in [-0.1, -0.05) is 0 Å². The number of primary amides is 1. The van der Waals surface area contributed by atoms with Gasteiger partial charge >= 0.3 is 6.09 Å². The van der Waals surface area contributed by atoms with Crippen LogP contribution >= 0.6 is 0 Å². The lowest BCUT2D eigenvalue weighted by atomic mass is 9.90. The molecule has 130 valence electrons. The standard InChI is InChI=1S/C16H27N3O4/c1-16(2,3)23-15(22)18-11-4-6-12(7-5-11)19-9-10(14(17)21)8-13(19)20/h10-12H,4-9H2,1-3H3,(H2,17,21)(H,18,22). The Hall–Kier alpha value is -1.79. The molecule has 3 amide bonds. The van der Waals surface area contributed by atoms with Gasteiger partial charge in [-0.2, -0.15) is 0 Å². The van der Waals surface area contributed by atoms with Crippen LogP contribution in [0.4, 0.5) is 4.79 Å². The van der Waals surface area contributed by atoms with E-state index in [1.165, 1.54) is 0 Å². The number of nitrogens with zero attached hydrogens (tertiary/aromatic N) is 1. The molecular weight excluding hydrogens is 298 g/mol. The maximum Gasteiger partial charge on any atom is 0.407 e. The fourth-order valence-corrected chi connectivity index (χ4v) is 3.28. The van der Waals surface area contributed by atoms with Crippen LogP contribution in [0.15, 0.2) is 0 Å². The number of rotatable bonds is 3. The van der Waals surface area contributed by atoms with Crippen molar-refractivity contribution in [2.45, 2.75) is 70.6 Å². The van der Waals surface area contributed by atoms with E-state index in [4.69, 9.17) is 10.5 Å². The summed E-state index contributed by atoms with van der Waals surface area (Å²) in [5, 5.41) is 2.89. The van der Waals surface area contributed by atoms with Crippen LogP contribution in [-0.2, 0) is 14.3 Å². The van der Waals surface area contributed by atoms with Crippen molar-refractivity contribution in [3.63, 3.8) is 0 Å². The molecule has 0 spiro atoms. The Morgan fingerprint density at radius 1 is 1.22 bits per heavy atom. The molecule has 1 aliphatic carbocycles. The van der Waals surface area contributed by atoms with Gasteiger partial charge in [-0.3, -0.25) is 9.59 Å². The van der Waals surface area contributed by atoms with E-state index in [1.807, 2.05) is 20.8 Å². The normalized spacial score (nSPS) is 28.6. The predicted octanol–water partition coefficient (Wildman–Crippen LogP) is 1.16. The van der Waals surface area contributed by atoms with Gasteiger partial charge in [-0.25, -0.2) is 4.79 Å². The number of nitrogens with one attached hydrogen (secondary N) is 1. The molecule has 1 atom stereocenters. The number of carbonyl (C=O) groups is 3. The summed E-state index contributed by atoms with van der Waals surface area (Å²) in [6, 6.07) is 0.217. The summed E-state index contributed by atoms with van der Waals surface area (Å²) in [7, 11) is 0. The molecule has 1 aliphatic heterocycles. The van der Waals surface area contributed by atoms with E-state index in [2.05, 4.69) is 5.32 Å². The van der Waals surface area contributed by atoms with E-state index < -0.39 is 17.6 Å². The number of nitrogens with two attached hydrogens (primary N) is 1. The van der Waals surface area contributed by atoms with Gasteiger partial charge in [0.25, 0.3) is 0 Å². The second kappa shape index (κ2) is 6.76. The minimum Gasteiger partial charge on any atom is -0.444 e. The number of ether oxygens (including phenoxy) is 1. The monoisotopic (exact) mass is 325 g/mol. The van der Waals surface area contributed by atoms with Crippen molar-refractivity contribution >= 4 is 17.9 Å². The first kappa shape index (κ1) is 17.6. The minimum atomic E-state index is -0.507. The lowest BCUT2D eigenvalue weighted by Crippen LogP contribution is -2.45. The van der Waals surface area contributed by atoms with Crippen LogP contribution in [0.25, 0.3) is 0 Å². The van der Waals surface area contributed by atoms with Crippen molar-refractivity contribution in [2.24, 2.45) is 11.7 Å². The summed E-state index contributed by atoms with van der Waals surface area (Å²) < 4.78 is 5.26. The van der Waals surface area contributed by atoms with Crippen LogP contribution in [0, 0.1) is 5.92 Å². The number of hydrogen-bond acceptors (Lipinski definition) is 4. The van der Waals surface area contributed by atoms with E-state index >= 15 is 0 Å². The van der Waals surface area contributed by atoms with E-state index in [-0.39, 0.29) is 30.3 Å². The van der Waals surface area contributed by atoms with Crippen molar-refractivity contribution in [3.05, 3.63) is 0 Å². The Bertz CT molecular complexity index is 478. The summed E-state index contributed by atoms with van der Waals surface area (Å²) >= 11 is 0. The maximum absolute atomic E-state index is 12.0. The minimum absolute atomic E-state index is 0.0114. The molecular formula is C16H27N3O4. The van der Waals surface area contributed by atoms with Crippen LogP contribution in [0.1, 0.15) is 52.9 Å². The molecule has 0 radical (unpaired) electrons. The van der Waals surface area contributed by atoms with Crippen LogP contribution in [0.3, 0.4) is 0 Å². The lowest BCUT2D eigenvalue weighted by Gasteiger charge is -2.35. The first-order valence-corrected chi connectivity index (χ1v) is 8.24. The topological polar surface area (TPSA) is 102 Å². The summed E-state index contributed by atoms with van der Waals surface area (Å²) in [5.41, 5.74) is 4.79. The van der Waals surface area contributed by atoms with Gasteiger partial charge in [0.1, 0.15) is 5.60 Å². The Morgan fingerprint density at radius 3 is 2.30 bits per heavy atom. The second-order valence-corrected chi connectivity index (χ2v) is 7.50. The second-order valence-electron chi connectivity index (χ2n) is 7.50. The van der Waals surface area contributed by atoms with Crippen LogP contribution in [-0.4, -0.2) is 47.0 Å². The van der Waals surface area contributed by atoms with Gasteiger partial charge in [0.15, 0.2) is 0 Å². The highest BCUT2D eigenvalue weighted by Gasteiger charge is 2.38. The number of likely N-dealkylation sites (tertiary alicyclic amines) is 1. The molecule has 1 heterocycles. The zero-order chi connectivity index (χ0) is 17.2. The summed E-state index contributed by atoms with van der Waals surface area (Å²) in [6.45, 7) is 5.93. The molecule has 1 saturated carbocycles. The van der Waals surface area contributed by atoms with Crippen molar-refractivity contribution in [1.82, 2.24) is 10.2 Å². The third-order valence-electron chi connectivity index (χ3n) is 4.42. The van der Waals surface area contributed by atoms with Gasteiger partial charge in [-0.05, 0) is 46.5 Å². The van der Waals surface area contributed by atoms with Crippen molar-refractivity contribution in [1.29, 1.82) is 0 Å². The van der Waals surface area contributed by atoms with Crippen molar-refractivity contribution in [3.8, 4) is 0 Å². The highest BCUT2D eigenvalue weighted by molar-refractivity contribution is 5.88. The zero-order valence-corrected chi connectivity index (χ0v) is 14.1. The maximum atomic E-state index is 12.0. The third-order valence-corrected chi connectivity index (χ3v) is 4.42. The average molecular weight is 325 g/mol. The molecule has 2 aliphatic rings. The van der Waals surface area contributed by atoms with Crippen LogP contribution in [0.2, 0.25) is 0 Å². The Kier molecular flexibility index (Phi) is 5.16. The van der Waals surface area contributed by atoms with Crippen molar-refractivity contribution in [2.75, 3.05) is 6.54 Å². The predicted molar refractivity (Wildman–Crippen MR) is 84.4 cm³/mol. The molecule has 7 nitrogen and oxygen atoms in total. The molecule has 1 unspecified atom stereocenters.